The summed E-state index contributed by atoms with van der Waals surface area (Å²) in [5.74, 6) is -1.76. The average Bonchev–Trinajstić information content (AvgIpc) is 2.87. The predicted octanol–water partition coefficient (Wildman–Crippen LogP) is 4.86. The molecule has 2 aromatic heterocycles. The number of aromatic nitrogens is 2. The third-order valence-corrected chi connectivity index (χ3v) is 6.68. The quantitative estimate of drug-likeness (QED) is 0.334. The Kier molecular flexibility index (Phi) is 7.53. The van der Waals surface area contributed by atoms with Gasteiger partial charge in [0.25, 0.3) is 5.56 Å². The van der Waals surface area contributed by atoms with Crippen molar-refractivity contribution in [3.05, 3.63) is 101 Å². The molecule has 0 bridgehead atoms. The van der Waals surface area contributed by atoms with E-state index in [9.17, 15) is 22.0 Å². The number of hydrogen-bond acceptors (Lipinski definition) is 6. The van der Waals surface area contributed by atoms with Crippen LogP contribution in [0.15, 0.2) is 78.0 Å². The Hall–Kier alpha value is -4.25. The van der Waals surface area contributed by atoms with Gasteiger partial charge in [0.1, 0.15) is 23.9 Å². The van der Waals surface area contributed by atoms with Crippen LogP contribution in [0.3, 0.4) is 0 Å². The Morgan fingerprint density at radius 1 is 0.946 bits per heavy atom. The van der Waals surface area contributed by atoms with Crippen molar-refractivity contribution < 1.29 is 26.7 Å². The second-order valence-electron chi connectivity index (χ2n) is 8.04. The number of hydrogen-bond donors (Lipinski definition) is 1. The fourth-order valence-electron chi connectivity index (χ4n) is 3.40. The number of sulfonamides is 1. The first-order valence-corrected chi connectivity index (χ1v) is 12.8. The Bertz CT molecular complexity index is 1590. The highest BCUT2D eigenvalue weighted by molar-refractivity contribution is 7.92. The molecule has 0 aliphatic carbocycles. The van der Waals surface area contributed by atoms with Crippen LogP contribution in [0.2, 0.25) is 0 Å². The maximum Gasteiger partial charge on any atom is 0.254 e. The fourth-order valence-corrected chi connectivity index (χ4v) is 4.03. The van der Waals surface area contributed by atoms with Crippen molar-refractivity contribution in [2.24, 2.45) is 7.05 Å². The Morgan fingerprint density at radius 2 is 1.68 bits per heavy atom. The van der Waals surface area contributed by atoms with E-state index in [4.69, 9.17) is 9.47 Å². The first kappa shape index (κ1) is 25.8. The van der Waals surface area contributed by atoms with E-state index in [2.05, 4.69) is 9.71 Å². The number of rotatable bonds is 9. The van der Waals surface area contributed by atoms with Gasteiger partial charge in [-0.25, -0.2) is 17.2 Å². The Morgan fingerprint density at radius 3 is 2.38 bits per heavy atom. The van der Waals surface area contributed by atoms with Crippen LogP contribution in [0, 0.1) is 11.6 Å². The normalized spacial score (nSPS) is 11.2. The summed E-state index contributed by atoms with van der Waals surface area (Å²) in [6.07, 6.45) is 4.72. The minimum absolute atomic E-state index is 0.119. The Balaban J connectivity index is 1.84. The summed E-state index contributed by atoms with van der Waals surface area (Å²) in [6, 6.07) is 12.1. The summed E-state index contributed by atoms with van der Waals surface area (Å²) in [6.45, 7) is 1.61. The molecule has 0 radical (unpaired) electrons. The zero-order valence-corrected chi connectivity index (χ0v) is 20.8. The zero-order valence-electron chi connectivity index (χ0n) is 19.9. The largest absolute Gasteiger partial charge is 0.488 e. The summed E-state index contributed by atoms with van der Waals surface area (Å²) in [5, 5.41) is 0. The van der Waals surface area contributed by atoms with E-state index in [0.717, 1.165) is 17.7 Å². The number of ether oxygens (including phenoxy) is 2. The van der Waals surface area contributed by atoms with E-state index in [1.165, 1.54) is 42.0 Å². The van der Waals surface area contributed by atoms with E-state index < -0.39 is 21.7 Å². The van der Waals surface area contributed by atoms with Gasteiger partial charge in [-0.3, -0.25) is 14.5 Å². The average molecular weight is 528 g/mol. The van der Waals surface area contributed by atoms with Crippen LogP contribution in [0.25, 0.3) is 11.1 Å². The molecule has 0 atom stereocenters. The van der Waals surface area contributed by atoms with Crippen LogP contribution < -0.4 is 19.8 Å². The van der Waals surface area contributed by atoms with Crippen molar-refractivity contribution in [3.63, 3.8) is 0 Å². The van der Waals surface area contributed by atoms with Gasteiger partial charge >= 0.3 is 0 Å². The van der Waals surface area contributed by atoms with Gasteiger partial charge < -0.3 is 14.0 Å². The molecule has 8 nitrogen and oxygen atoms in total. The fraction of sp³-hybridized carbons (Fsp3) is 0.154. The van der Waals surface area contributed by atoms with Gasteiger partial charge in [-0.15, -0.1) is 0 Å². The molecule has 2 aromatic carbocycles. The minimum atomic E-state index is -3.61. The summed E-state index contributed by atoms with van der Waals surface area (Å²) in [7, 11) is -2.07. The number of pyridine rings is 2. The van der Waals surface area contributed by atoms with Gasteiger partial charge in [-0.2, -0.15) is 0 Å². The van der Waals surface area contributed by atoms with Crippen molar-refractivity contribution in [2.45, 2.75) is 13.5 Å². The molecule has 4 rings (SSSR count). The predicted molar refractivity (Wildman–Crippen MR) is 135 cm³/mol. The number of benzene rings is 2. The van der Waals surface area contributed by atoms with Gasteiger partial charge in [0.05, 0.1) is 5.75 Å². The Labute approximate surface area is 212 Å². The smallest absolute Gasteiger partial charge is 0.254 e. The van der Waals surface area contributed by atoms with Gasteiger partial charge in [0.2, 0.25) is 10.0 Å². The molecular weight excluding hydrogens is 504 g/mol. The van der Waals surface area contributed by atoms with Gasteiger partial charge in [-0.1, -0.05) is 0 Å². The molecule has 0 fully saturated rings. The van der Waals surface area contributed by atoms with Crippen LogP contribution in [-0.2, 0) is 23.7 Å². The maximum absolute atomic E-state index is 14.4. The molecule has 0 spiro atoms. The molecule has 4 aromatic rings. The number of nitrogens with zero attached hydrogens (tertiary/aromatic N) is 2. The number of nitrogens with one attached hydrogen (secondary N) is 1. The van der Waals surface area contributed by atoms with Gasteiger partial charge in [-0.05, 0) is 55.0 Å². The molecule has 0 saturated heterocycles. The van der Waals surface area contributed by atoms with Crippen LogP contribution in [0.4, 0.5) is 14.5 Å². The third-order valence-electron chi connectivity index (χ3n) is 5.37. The topological polar surface area (TPSA) is 99.5 Å². The molecule has 1 N–H and O–H groups in total. The maximum atomic E-state index is 14.4. The monoisotopic (exact) mass is 527 g/mol. The molecule has 0 amide bonds. The number of halogens is 2. The second kappa shape index (κ2) is 10.8. The summed E-state index contributed by atoms with van der Waals surface area (Å²) in [4.78, 5) is 16.4. The van der Waals surface area contributed by atoms with Crippen molar-refractivity contribution in [1.29, 1.82) is 0 Å². The summed E-state index contributed by atoms with van der Waals surface area (Å²) in [5.41, 5.74) is 1.36. The molecular formula is C26H23F2N3O5S. The van der Waals surface area contributed by atoms with Crippen molar-refractivity contribution in [3.8, 4) is 28.4 Å². The van der Waals surface area contributed by atoms with Crippen LogP contribution in [0.1, 0.15) is 12.5 Å². The summed E-state index contributed by atoms with van der Waals surface area (Å²) < 4.78 is 67.7. The molecule has 37 heavy (non-hydrogen) atoms. The first-order chi connectivity index (χ1) is 17.6. The zero-order chi connectivity index (χ0) is 26.6. The molecule has 11 heteroatoms. The lowest BCUT2D eigenvalue weighted by Gasteiger charge is -2.18. The van der Waals surface area contributed by atoms with Crippen molar-refractivity contribution >= 4 is 15.7 Å². The van der Waals surface area contributed by atoms with E-state index >= 15 is 0 Å². The SMILES string of the molecule is CCS(=O)(=O)Nc1ccc(Oc2ccc(F)cc2F)c(-c2cn(C)c(=O)cc2OCc2ccncc2)c1. The van der Waals surface area contributed by atoms with Crippen LogP contribution in [-0.4, -0.2) is 23.7 Å². The molecule has 0 aliphatic rings. The molecule has 2 heterocycles. The molecule has 0 unspecified atom stereocenters. The van der Waals surface area contributed by atoms with Gasteiger partial charge in [0, 0.05) is 54.6 Å². The van der Waals surface area contributed by atoms with Crippen molar-refractivity contribution in [1.82, 2.24) is 9.55 Å². The second-order valence-corrected chi connectivity index (χ2v) is 10.0. The highest BCUT2D eigenvalue weighted by atomic mass is 32.2. The number of aryl methyl sites for hydroxylation is 1. The third kappa shape index (κ3) is 6.31. The van der Waals surface area contributed by atoms with Crippen LogP contribution >= 0.6 is 0 Å². The lowest BCUT2D eigenvalue weighted by Crippen LogP contribution is -2.16. The lowest BCUT2D eigenvalue weighted by molar-refractivity contribution is 0.306. The van der Waals surface area contributed by atoms with E-state index in [1.54, 1.807) is 31.6 Å². The first-order valence-electron chi connectivity index (χ1n) is 11.2. The standard InChI is InChI=1S/C26H23F2N3O5S/c1-3-37(33,34)30-19-5-7-23(36-24-6-4-18(27)12-22(24)28)20(13-19)21-15-31(2)26(32)14-25(21)35-16-17-8-10-29-11-9-17/h4-15,30H,3,16H2,1-2H3. The minimum Gasteiger partial charge on any atom is -0.488 e. The lowest BCUT2D eigenvalue weighted by atomic mass is 10.0. The van der Waals surface area contributed by atoms with E-state index in [1.807, 2.05) is 0 Å². The van der Waals surface area contributed by atoms with Crippen molar-refractivity contribution in [2.75, 3.05) is 10.5 Å². The van der Waals surface area contributed by atoms with E-state index in [-0.39, 0.29) is 40.9 Å². The van der Waals surface area contributed by atoms with Crippen LogP contribution in [0.5, 0.6) is 17.2 Å². The number of anilines is 1. The molecule has 0 aliphatic heterocycles. The van der Waals surface area contributed by atoms with E-state index in [0.29, 0.717) is 17.2 Å². The highest BCUT2D eigenvalue weighted by Crippen LogP contribution is 2.40. The van der Waals surface area contributed by atoms with Gasteiger partial charge in [0.15, 0.2) is 11.6 Å². The summed E-state index contributed by atoms with van der Waals surface area (Å²) >= 11 is 0. The highest BCUT2D eigenvalue weighted by Gasteiger charge is 2.19. The molecule has 192 valence electrons. The molecule has 0 saturated carbocycles.